The number of nitrogens with two attached hydrogens (primary N) is 1. The molecule has 0 aliphatic carbocycles. The van der Waals surface area contributed by atoms with E-state index in [1.54, 1.807) is 6.07 Å². The van der Waals surface area contributed by atoms with Crippen LogP contribution in [0.2, 0.25) is 5.02 Å². The first kappa shape index (κ1) is 15.8. The molecule has 0 aliphatic heterocycles. The van der Waals surface area contributed by atoms with Crippen LogP contribution in [0.25, 0.3) is 0 Å². The highest BCUT2D eigenvalue weighted by Gasteiger charge is 2.20. The lowest BCUT2D eigenvalue weighted by Gasteiger charge is -2.25. The van der Waals surface area contributed by atoms with E-state index < -0.39 is 0 Å². The molecule has 2 aromatic carbocycles. The molecule has 0 saturated carbocycles. The van der Waals surface area contributed by atoms with Crippen molar-refractivity contribution in [1.29, 1.82) is 0 Å². The second-order valence-electron chi connectivity index (χ2n) is 5.02. The number of benzene rings is 2. The summed E-state index contributed by atoms with van der Waals surface area (Å²) < 4.78 is 5.95. The Morgan fingerprint density at radius 3 is 2.62 bits per heavy atom. The quantitative estimate of drug-likeness (QED) is 0.629. The van der Waals surface area contributed by atoms with E-state index >= 15 is 0 Å². The van der Waals surface area contributed by atoms with Crippen LogP contribution < -0.4 is 16.0 Å². The zero-order chi connectivity index (χ0) is 15.2. The van der Waals surface area contributed by atoms with Crippen LogP contribution in [0, 0.1) is 0 Å². The van der Waals surface area contributed by atoms with Crippen LogP contribution in [0.15, 0.2) is 48.5 Å². The molecule has 2 rings (SSSR count). The van der Waals surface area contributed by atoms with Gasteiger partial charge in [-0.25, -0.2) is 5.43 Å². The number of hydrogen-bond donors (Lipinski definition) is 2. The Balaban J connectivity index is 2.16. The van der Waals surface area contributed by atoms with Gasteiger partial charge in [0.1, 0.15) is 11.9 Å². The van der Waals surface area contributed by atoms with Crippen molar-refractivity contribution in [3.63, 3.8) is 0 Å². The molecule has 3 nitrogen and oxygen atoms in total. The van der Waals surface area contributed by atoms with E-state index in [0.717, 1.165) is 17.7 Å². The molecule has 0 aromatic heterocycles. The van der Waals surface area contributed by atoms with Crippen LogP contribution in [-0.4, -0.2) is 6.10 Å². The fourth-order valence-electron chi connectivity index (χ4n) is 2.33. The van der Waals surface area contributed by atoms with Crippen LogP contribution in [0.3, 0.4) is 0 Å². The van der Waals surface area contributed by atoms with Crippen molar-refractivity contribution in [2.24, 2.45) is 5.84 Å². The van der Waals surface area contributed by atoms with Crippen molar-refractivity contribution < 1.29 is 4.74 Å². The van der Waals surface area contributed by atoms with E-state index in [1.165, 1.54) is 5.56 Å². The molecule has 3 N–H and O–H groups in total. The molecule has 112 valence electrons. The molecule has 2 aromatic rings. The maximum atomic E-state index is 5.98. The average Bonchev–Trinajstić information content (AvgIpc) is 2.48. The number of aryl methyl sites for hydroxylation is 1. The first-order chi connectivity index (χ1) is 10.1. The predicted molar refractivity (Wildman–Crippen MR) is 87.4 cm³/mol. The lowest BCUT2D eigenvalue weighted by molar-refractivity contribution is 0.171. The van der Waals surface area contributed by atoms with Crippen molar-refractivity contribution in [1.82, 2.24) is 5.43 Å². The van der Waals surface area contributed by atoms with Gasteiger partial charge in [-0.05, 0) is 42.7 Å². The molecule has 0 radical (unpaired) electrons. The summed E-state index contributed by atoms with van der Waals surface area (Å²) in [6.45, 7) is 4.12. The van der Waals surface area contributed by atoms with Gasteiger partial charge in [0.15, 0.2) is 0 Å². The number of nitrogens with one attached hydrogen (secondary N) is 1. The Kier molecular flexibility index (Phi) is 5.62. The summed E-state index contributed by atoms with van der Waals surface area (Å²) >= 11 is 5.98. The first-order valence-corrected chi connectivity index (χ1v) is 7.49. The molecule has 0 saturated heterocycles. The molecule has 0 heterocycles. The summed E-state index contributed by atoms with van der Waals surface area (Å²) in [7, 11) is 0. The highest BCUT2D eigenvalue weighted by molar-refractivity contribution is 6.30. The third kappa shape index (κ3) is 4.21. The smallest absolute Gasteiger partial charge is 0.121 e. The first-order valence-electron chi connectivity index (χ1n) is 7.11. The zero-order valence-corrected chi connectivity index (χ0v) is 13.1. The third-order valence-corrected chi connectivity index (χ3v) is 3.72. The van der Waals surface area contributed by atoms with Gasteiger partial charge in [0.2, 0.25) is 0 Å². The van der Waals surface area contributed by atoms with Gasteiger partial charge in [-0.2, -0.15) is 0 Å². The third-order valence-electron chi connectivity index (χ3n) is 3.49. The topological polar surface area (TPSA) is 47.3 Å². The van der Waals surface area contributed by atoms with Gasteiger partial charge in [0, 0.05) is 5.02 Å². The maximum Gasteiger partial charge on any atom is 0.121 e. The van der Waals surface area contributed by atoms with Crippen LogP contribution in [0.4, 0.5) is 0 Å². The Morgan fingerprint density at radius 2 is 1.95 bits per heavy atom. The Bertz CT molecular complexity index is 589. The zero-order valence-electron chi connectivity index (χ0n) is 12.3. The van der Waals surface area contributed by atoms with E-state index in [0.29, 0.717) is 5.02 Å². The fraction of sp³-hybridized carbons (Fsp3) is 0.294. The lowest BCUT2D eigenvalue weighted by atomic mass is 10.00. The van der Waals surface area contributed by atoms with Gasteiger partial charge in [0.05, 0.1) is 6.04 Å². The second kappa shape index (κ2) is 7.46. The summed E-state index contributed by atoms with van der Waals surface area (Å²) in [5.41, 5.74) is 5.24. The van der Waals surface area contributed by atoms with Gasteiger partial charge in [-0.3, -0.25) is 5.84 Å². The standard InChI is InChI=1S/C17H21ClN2O/c1-3-13-6-4-7-14(10-13)17(20-19)12(2)21-16-9-5-8-15(18)11-16/h4-12,17,20H,3,19H2,1-2H3. The van der Waals surface area contributed by atoms with Crippen molar-refractivity contribution in [3.8, 4) is 5.75 Å². The second-order valence-corrected chi connectivity index (χ2v) is 5.46. The number of ether oxygens (including phenoxy) is 1. The van der Waals surface area contributed by atoms with Crippen molar-refractivity contribution in [2.75, 3.05) is 0 Å². The van der Waals surface area contributed by atoms with Gasteiger partial charge in [0.25, 0.3) is 0 Å². The molecular weight excluding hydrogens is 284 g/mol. The molecule has 2 atom stereocenters. The molecule has 0 spiro atoms. The van der Waals surface area contributed by atoms with Crippen LogP contribution in [0.1, 0.15) is 31.0 Å². The van der Waals surface area contributed by atoms with Gasteiger partial charge in [-0.15, -0.1) is 0 Å². The molecule has 0 aliphatic rings. The summed E-state index contributed by atoms with van der Waals surface area (Å²) in [5.74, 6) is 6.46. The van der Waals surface area contributed by atoms with E-state index in [1.807, 2.05) is 31.2 Å². The molecule has 2 unspecified atom stereocenters. The minimum Gasteiger partial charge on any atom is -0.489 e. The van der Waals surface area contributed by atoms with Gasteiger partial charge in [-0.1, -0.05) is 48.9 Å². The number of hydrazine groups is 1. The summed E-state index contributed by atoms with van der Waals surface area (Å²) in [6.07, 6.45) is 0.870. The van der Waals surface area contributed by atoms with Crippen LogP contribution in [0.5, 0.6) is 5.75 Å². The number of halogens is 1. The largest absolute Gasteiger partial charge is 0.489 e. The SMILES string of the molecule is CCc1cccc(C(NN)C(C)Oc2cccc(Cl)c2)c1. The van der Waals surface area contributed by atoms with Gasteiger partial charge < -0.3 is 4.74 Å². The van der Waals surface area contributed by atoms with Gasteiger partial charge >= 0.3 is 0 Å². The fourth-order valence-corrected chi connectivity index (χ4v) is 2.51. The molecule has 4 heteroatoms. The minimum absolute atomic E-state index is 0.0875. The number of hydrogen-bond acceptors (Lipinski definition) is 3. The molecule has 0 amide bonds. The highest BCUT2D eigenvalue weighted by atomic mass is 35.5. The van der Waals surface area contributed by atoms with Crippen LogP contribution >= 0.6 is 11.6 Å². The van der Waals surface area contributed by atoms with Crippen molar-refractivity contribution in [3.05, 3.63) is 64.7 Å². The Morgan fingerprint density at radius 1 is 1.19 bits per heavy atom. The van der Waals surface area contributed by atoms with E-state index in [-0.39, 0.29) is 12.1 Å². The number of rotatable bonds is 6. The lowest BCUT2D eigenvalue weighted by Crippen LogP contribution is -2.38. The molecule has 21 heavy (non-hydrogen) atoms. The Labute approximate surface area is 131 Å². The minimum atomic E-state index is -0.124. The normalized spacial score (nSPS) is 13.7. The van der Waals surface area contributed by atoms with E-state index in [2.05, 4.69) is 30.5 Å². The summed E-state index contributed by atoms with van der Waals surface area (Å²) in [6, 6.07) is 15.7. The summed E-state index contributed by atoms with van der Waals surface area (Å²) in [4.78, 5) is 0. The molecule has 0 bridgehead atoms. The predicted octanol–water partition coefficient (Wildman–Crippen LogP) is 3.87. The average molecular weight is 305 g/mol. The summed E-state index contributed by atoms with van der Waals surface area (Å²) in [5, 5.41) is 0.657. The van der Waals surface area contributed by atoms with E-state index in [9.17, 15) is 0 Å². The van der Waals surface area contributed by atoms with E-state index in [4.69, 9.17) is 22.2 Å². The van der Waals surface area contributed by atoms with Crippen molar-refractivity contribution in [2.45, 2.75) is 32.4 Å². The molecular formula is C17H21ClN2O. The van der Waals surface area contributed by atoms with Crippen LogP contribution in [-0.2, 0) is 6.42 Å². The monoisotopic (exact) mass is 304 g/mol. The van der Waals surface area contributed by atoms with Crippen molar-refractivity contribution >= 4 is 11.6 Å². The Hall–Kier alpha value is -1.55. The molecule has 0 fully saturated rings. The highest BCUT2D eigenvalue weighted by Crippen LogP contribution is 2.24. The maximum absolute atomic E-state index is 5.98.